The first kappa shape index (κ1) is 12.8. The molecule has 0 aliphatic heterocycles. The number of nitrogens with one attached hydrogen (secondary N) is 2. The van der Waals surface area contributed by atoms with Crippen molar-refractivity contribution in [3.05, 3.63) is 34.9 Å². The molecule has 1 rings (SSSR count). The van der Waals surface area contributed by atoms with Crippen molar-refractivity contribution >= 4 is 17.6 Å². The first-order chi connectivity index (χ1) is 7.72. The van der Waals surface area contributed by atoms with Crippen LogP contribution in [-0.2, 0) is 6.42 Å². The Morgan fingerprint density at radius 3 is 2.44 bits per heavy atom. The minimum atomic E-state index is -0.261. The lowest BCUT2D eigenvalue weighted by atomic mass is 10.1. The van der Waals surface area contributed by atoms with Crippen molar-refractivity contribution in [3.63, 3.8) is 0 Å². The SMILES string of the molecule is O=C(NCCO)NCCc1ccc(Cl)cc1. The molecule has 0 atom stereocenters. The number of amides is 2. The number of carbonyl (C=O) groups excluding carboxylic acids is 1. The van der Waals surface area contributed by atoms with E-state index in [2.05, 4.69) is 10.6 Å². The smallest absolute Gasteiger partial charge is 0.314 e. The van der Waals surface area contributed by atoms with Gasteiger partial charge in [-0.1, -0.05) is 23.7 Å². The van der Waals surface area contributed by atoms with Crippen LogP contribution in [0.25, 0.3) is 0 Å². The zero-order valence-electron chi connectivity index (χ0n) is 8.87. The topological polar surface area (TPSA) is 61.4 Å². The quantitative estimate of drug-likeness (QED) is 0.726. The van der Waals surface area contributed by atoms with E-state index < -0.39 is 0 Å². The van der Waals surface area contributed by atoms with Crippen molar-refractivity contribution in [2.75, 3.05) is 19.7 Å². The van der Waals surface area contributed by atoms with Crippen LogP contribution in [0.2, 0.25) is 5.02 Å². The summed E-state index contributed by atoms with van der Waals surface area (Å²) in [5.74, 6) is 0. The lowest BCUT2D eigenvalue weighted by molar-refractivity contribution is 0.234. The summed E-state index contributed by atoms with van der Waals surface area (Å²) in [5, 5.41) is 14.4. The summed E-state index contributed by atoms with van der Waals surface area (Å²) >= 11 is 5.75. The molecule has 0 aromatic heterocycles. The zero-order valence-corrected chi connectivity index (χ0v) is 9.63. The lowest BCUT2D eigenvalue weighted by Gasteiger charge is -2.06. The standard InChI is InChI=1S/C11H15ClN2O2/c12-10-3-1-9(2-4-10)5-6-13-11(16)14-7-8-15/h1-4,15H,5-8H2,(H2,13,14,16). The molecule has 0 heterocycles. The average Bonchev–Trinajstić information content (AvgIpc) is 2.29. The van der Waals surface area contributed by atoms with Crippen LogP contribution in [0.1, 0.15) is 5.56 Å². The third kappa shape index (κ3) is 5.00. The lowest BCUT2D eigenvalue weighted by Crippen LogP contribution is -2.37. The minimum absolute atomic E-state index is 0.0510. The van der Waals surface area contributed by atoms with Gasteiger partial charge in [0, 0.05) is 18.1 Å². The fourth-order valence-electron chi connectivity index (χ4n) is 1.20. The molecule has 0 radical (unpaired) electrons. The fourth-order valence-corrected chi connectivity index (χ4v) is 1.33. The zero-order chi connectivity index (χ0) is 11.8. The number of hydrogen-bond acceptors (Lipinski definition) is 2. The predicted octanol–water partition coefficient (Wildman–Crippen LogP) is 1.17. The van der Waals surface area contributed by atoms with Crippen molar-refractivity contribution in [3.8, 4) is 0 Å². The van der Waals surface area contributed by atoms with Gasteiger partial charge in [0.15, 0.2) is 0 Å². The van der Waals surface area contributed by atoms with Gasteiger partial charge in [0.25, 0.3) is 0 Å². The van der Waals surface area contributed by atoms with Gasteiger partial charge in [-0.25, -0.2) is 4.79 Å². The van der Waals surface area contributed by atoms with Gasteiger partial charge in [0.1, 0.15) is 0 Å². The normalized spacial score (nSPS) is 9.88. The molecule has 0 aliphatic rings. The Kier molecular flexibility index (Phi) is 5.67. The molecule has 5 heteroatoms. The van der Waals surface area contributed by atoms with Crippen LogP contribution >= 0.6 is 11.6 Å². The highest BCUT2D eigenvalue weighted by Gasteiger charge is 1.98. The summed E-state index contributed by atoms with van der Waals surface area (Å²) in [6.07, 6.45) is 0.754. The van der Waals surface area contributed by atoms with Gasteiger partial charge in [0.2, 0.25) is 0 Å². The number of urea groups is 1. The van der Waals surface area contributed by atoms with Crippen molar-refractivity contribution < 1.29 is 9.90 Å². The summed E-state index contributed by atoms with van der Waals surface area (Å²) < 4.78 is 0. The highest BCUT2D eigenvalue weighted by molar-refractivity contribution is 6.30. The summed E-state index contributed by atoms with van der Waals surface area (Å²) in [6.45, 7) is 0.774. The number of hydrogen-bond donors (Lipinski definition) is 3. The molecule has 3 N–H and O–H groups in total. The third-order valence-electron chi connectivity index (χ3n) is 2.01. The molecule has 1 aromatic carbocycles. The van der Waals surface area contributed by atoms with Crippen LogP contribution < -0.4 is 10.6 Å². The van der Waals surface area contributed by atoms with Crippen molar-refractivity contribution in [1.29, 1.82) is 0 Å². The summed E-state index contributed by atoms with van der Waals surface area (Å²) in [7, 11) is 0. The van der Waals surface area contributed by atoms with Gasteiger partial charge in [0.05, 0.1) is 6.61 Å². The van der Waals surface area contributed by atoms with E-state index in [0.29, 0.717) is 11.6 Å². The molecule has 4 nitrogen and oxygen atoms in total. The monoisotopic (exact) mass is 242 g/mol. The summed E-state index contributed by atoms with van der Waals surface area (Å²) in [4.78, 5) is 11.1. The largest absolute Gasteiger partial charge is 0.395 e. The molecule has 88 valence electrons. The van der Waals surface area contributed by atoms with Gasteiger partial charge in [-0.15, -0.1) is 0 Å². The highest BCUT2D eigenvalue weighted by atomic mass is 35.5. The van der Waals surface area contributed by atoms with Crippen LogP contribution in [0.3, 0.4) is 0 Å². The number of benzene rings is 1. The van der Waals surface area contributed by atoms with Crippen LogP contribution in [0.4, 0.5) is 4.79 Å². The molecule has 0 saturated heterocycles. The summed E-state index contributed by atoms with van der Waals surface area (Å²) in [6, 6.07) is 7.24. The average molecular weight is 243 g/mol. The van der Waals surface area contributed by atoms with E-state index in [-0.39, 0.29) is 19.2 Å². The Morgan fingerprint density at radius 2 is 1.81 bits per heavy atom. The maximum atomic E-state index is 11.1. The van der Waals surface area contributed by atoms with E-state index in [0.717, 1.165) is 12.0 Å². The molecule has 0 bridgehead atoms. The molecule has 1 aromatic rings. The van der Waals surface area contributed by atoms with E-state index in [9.17, 15) is 4.79 Å². The van der Waals surface area contributed by atoms with E-state index >= 15 is 0 Å². The maximum absolute atomic E-state index is 11.1. The fraction of sp³-hybridized carbons (Fsp3) is 0.364. The van der Waals surface area contributed by atoms with Gasteiger partial charge >= 0.3 is 6.03 Å². The first-order valence-corrected chi connectivity index (χ1v) is 5.47. The van der Waals surface area contributed by atoms with Gasteiger partial charge < -0.3 is 15.7 Å². The van der Waals surface area contributed by atoms with Crippen LogP contribution in [0, 0.1) is 0 Å². The number of halogens is 1. The van der Waals surface area contributed by atoms with Crippen LogP contribution in [-0.4, -0.2) is 30.8 Å². The highest BCUT2D eigenvalue weighted by Crippen LogP contribution is 2.09. The van der Waals surface area contributed by atoms with Crippen LogP contribution in [0.15, 0.2) is 24.3 Å². The van der Waals surface area contributed by atoms with Gasteiger partial charge in [-0.2, -0.15) is 0 Å². The van der Waals surface area contributed by atoms with Crippen LogP contribution in [0.5, 0.6) is 0 Å². The Balaban J connectivity index is 2.20. The Labute approximate surface area is 99.6 Å². The number of aliphatic hydroxyl groups is 1. The Morgan fingerprint density at radius 1 is 1.19 bits per heavy atom. The number of carbonyl (C=O) groups is 1. The third-order valence-corrected chi connectivity index (χ3v) is 2.26. The van der Waals surface area contributed by atoms with Crippen molar-refractivity contribution in [2.24, 2.45) is 0 Å². The second-order valence-electron chi connectivity index (χ2n) is 3.28. The Hall–Kier alpha value is -1.26. The van der Waals surface area contributed by atoms with E-state index in [4.69, 9.17) is 16.7 Å². The predicted molar refractivity (Wildman–Crippen MR) is 63.6 cm³/mol. The molecular formula is C11H15ClN2O2. The number of rotatable bonds is 5. The van der Waals surface area contributed by atoms with Gasteiger partial charge in [-0.05, 0) is 24.1 Å². The minimum Gasteiger partial charge on any atom is -0.395 e. The van der Waals surface area contributed by atoms with E-state index in [1.54, 1.807) is 0 Å². The van der Waals surface area contributed by atoms with E-state index in [1.807, 2.05) is 24.3 Å². The van der Waals surface area contributed by atoms with Crippen molar-refractivity contribution in [1.82, 2.24) is 10.6 Å². The number of aliphatic hydroxyl groups excluding tert-OH is 1. The van der Waals surface area contributed by atoms with Gasteiger partial charge in [-0.3, -0.25) is 0 Å². The maximum Gasteiger partial charge on any atom is 0.314 e. The molecule has 0 fully saturated rings. The van der Waals surface area contributed by atoms with Crippen molar-refractivity contribution in [2.45, 2.75) is 6.42 Å². The molecule has 2 amide bonds. The van der Waals surface area contributed by atoms with E-state index in [1.165, 1.54) is 0 Å². The Bertz CT molecular complexity index is 327. The molecule has 0 aliphatic carbocycles. The second kappa shape index (κ2) is 7.09. The second-order valence-corrected chi connectivity index (χ2v) is 3.72. The molecule has 16 heavy (non-hydrogen) atoms. The first-order valence-electron chi connectivity index (χ1n) is 5.09. The molecule has 0 saturated carbocycles. The molecule has 0 spiro atoms. The molecule has 0 unspecified atom stereocenters. The summed E-state index contributed by atoms with van der Waals surface area (Å²) in [5.41, 5.74) is 1.12. The molecular weight excluding hydrogens is 228 g/mol.